The average Bonchev–Trinajstić information content (AvgIpc) is 2.51. The van der Waals surface area contributed by atoms with Crippen LogP contribution in [0.5, 0.6) is 5.75 Å². The minimum absolute atomic E-state index is 0.0000818. The maximum absolute atomic E-state index is 13.3. The molecule has 0 aliphatic heterocycles. The first-order valence-corrected chi connectivity index (χ1v) is 5.93. The van der Waals surface area contributed by atoms with E-state index in [4.69, 9.17) is 5.26 Å². The van der Waals surface area contributed by atoms with Crippen molar-refractivity contribution in [3.63, 3.8) is 0 Å². The van der Waals surface area contributed by atoms with E-state index in [1.54, 1.807) is 36.4 Å². The maximum Gasteiger partial charge on any atom is 0.271 e. The molecule has 0 heterocycles. The lowest BCUT2D eigenvalue weighted by Crippen LogP contribution is -2.17. The molecule has 0 saturated heterocycles. The van der Waals surface area contributed by atoms with Gasteiger partial charge in [0.2, 0.25) is 0 Å². The number of phenols is 1. The zero-order chi connectivity index (χ0) is 15.2. The molecule has 2 aromatic rings. The summed E-state index contributed by atoms with van der Waals surface area (Å²) >= 11 is 0. The van der Waals surface area contributed by atoms with E-state index in [1.165, 1.54) is 6.07 Å². The molecule has 0 radical (unpaired) electrons. The van der Waals surface area contributed by atoms with Gasteiger partial charge in [-0.3, -0.25) is 4.79 Å². The molecule has 0 bridgehead atoms. The van der Waals surface area contributed by atoms with Crippen molar-refractivity contribution in [2.24, 2.45) is 5.10 Å². The van der Waals surface area contributed by atoms with Gasteiger partial charge in [0.25, 0.3) is 5.91 Å². The summed E-state index contributed by atoms with van der Waals surface area (Å²) in [7, 11) is 0. The quantitative estimate of drug-likeness (QED) is 0.668. The number of nitriles is 1. The molecule has 0 aliphatic rings. The van der Waals surface area contributed by atoms with Crippen LogP contribution in [0.3, 0.4) is 0 Å². The number of hydrogen-bond donors (Lipinski definition) is 2. The van der Waals surface area contributed by atoms with E-state index in [-0.39, 0.29) is 11.1 Å². The van der Waals surface area contributed by atoms with Gasteiger partial charge in [0.1, 0.15) is 0 Å². The second kappa shape index (κ2) is 6.30. The highest BCUT2D eigenvalue weighted by Gasteiger charge is 2.08. The second-order valence-corrected chi connectivity index (χ2v) is 4.07. The Morgan fingerprint density at radius 1 is 1.33 bits per heavy atom. The fourth-order valence-corrected chi connectivity index (χ4v) is 1.60. The van der Waals surface area contributed by atoms with Crippen molar-refractivity contribution in [2.45, 2.75) is 0 Å². The van der Waals surface area contributed by atoms with Crippen LogP contribution in [0, 0.1) is 17.1 Å². The second-order valence-electron chi connectivity index (χ2n) is 4.07. The van der Waals surface area contributed by atoms with Crippen molar-refractivity contribution >= 4 is 12.1 Å². The number of carbonyl (C=O) groups is 1. The van der Waals surface area contributed by atoms with Crippen molar-refractivity contribution in [1.29, 1.82) is 5.26 Å². The van der Waals surface area contributed by atoms with Crippen LogP contribution >= 0.6 is 0 Å². The summed E-state index contributed by atoms with van der Waals surface area (Å²) in [6.07, 6.45) is 1.07. The van der Waals surface area contributed by atoms with Crippen LogP contribution in [0.2, 0.25) is 0 Å². The SMILES string of the molecule is N#Cc1cc(F)c(O)c(/C=N/NC(=O)c2ccccc2)c1. The third kappa shape index (κ3) is 3.42. The predicted octanol–water partition coefficient (Wildman–Crippen LogP) is 2.17. The summed E-state index contributed by atoms with van der Waals surface area (Å²) in [5, 5.41) is 21.9. The molecular weight excluding hydrogens is 273 g/mol. The van der Waals surface area contributed by atoms with Gasteiger partial charge in [-0.2, -0.15) is 10.4 Å². The summed E-state index contributed by atoms with van der Waals surface area (Å²) < 4.78 is 13.3. The lowest BCUT2D eigenvalue weighted by atomic mass is 10.1. The molecule has 21 heavy (non-hydrogen) atoms. The summed E-state index contributed by atoms with van der Waals surface area (Å²) in [6, 6.07) is 12.3. The van der Waals surface area contributed by atoms with Crippen LogP contribution in [0.25, 0.3) is 0 Å². The Kier molecular flexibility index (Phi) is 4.26. The van der Waals surface area contributed by atoms with Crippen molar-refractivity contribution in [3.8, 4) is 11.8 Å². The molecule has 0 unspecified atom stereocenters. The summed E-state index contributed by atoms with van der Waals surface area (Å²) in [6.45, 7) is 0. The minimum Gasteiger partial charge on any atom is -0.504 e. The Morgan fingerprint density at radius 2 is 2.05 bits per heavy atom. The number of hydrazone groups is 1. The fraction of sp³-hybridized carbons (Fsp3) is 0. The zero-order valence-corrected chi connectivity index (χ0v) is 10.7. The molecule has 0 aromatic heterocycles. The van der Waals surface area contributed by atoms with Gasteiger partial charge in [-0.25, -0.2) is 9.82 Å². The van der Waals surface area contributed by atoms with Gasteiger partial charge in [-0.05, 0) is 24.3 Å². The number of aromatic hydroxyl groups is 1. The number of phenolic OH excluding ortho intramolecular Hbond substituents is 1. The molecule has 0 spiro atoms. The number of benzene rings is 2. The van der Waals surface area contributed by atoms with Gasteiger partial charge in [0.05, 0.1) is 17.8 Å². The number of carbonyl (C=O) groups excluding carboxylic acids is 1. The van der Waals surface area contributed by atoms with Crippen LogP contribution in [0.15, 0.2) is 47.6 Å². The highest BCUT2D eigenvalue weighted by atomic mass is 19.1. The van der Waals surface area contributed by atoms with Crippen LogP contribution < -0.4 is 5.43 Å². The Labute approximate surface area is 120 Å². The summed E-state index contributed by atoms with van der Waals surface area (Å²) in [5.74, 6) is -2.00. The Bertz CT molecular complexity index is 737. The topological polar surface area (TPSA) is 85.5 Å². The van der Waals surface area contributed by atoms with Crippen molar-refractivity contribution in [2.75, 3.05) is 0 Å². The van der Waals surface area contributed by atoms with Crippen LogP contribution in [0.1, 0.15) is 21.5 Å². The smallest absolute Gasteiger partial charge is 0.271 e. The highest BCUT2D eigenvalue weighted by molar-refractivity contribution is 5.95. The minimum atomic E-state index is -0.926. The van der Waals surface area contributed by atoms with Gasteiger partial charge >= 0.3 is 0 Å². The molecule has 2 rings (SSSR count). The molecule has 0 atom stereocenters. The van der Waals surface area contributed by atoms with Gasteiger partial charge in [-0.15, -0.1) is 0 Å². The maximum atomic E-state index is 13.3. The van der Waals surface area contributed by atoms with Gasteiger partial charge < -0.3 is 5.11 Å². The molecule has 0 saturated carbocycles. The highest BCUT2D eigenvalue weighted by Crippen LogP contribution is 2.21. The van der Waals surface area contributed by atoms with E-state index in [2.05, 4.69) is 10.5 Å². The first kappa shape index (κ1) is 14.2. The zero-order valence-electron chi connectivity index (χ0n) is 10.7. The van der Waals surface area contributed by atoms with E-state index < -0.39 is 17.5 Å². The van der Waals surface area contributed by atoms with Gasteiger partial charge in [0, 0.05) is 11.1 Å². The third-order valence-electron chi connectivity index (χ3n) is 2.63. The van der Waals surface area contributed by atoms with Crippen LogP contribution in [-0.2, 0) is 0 Å². The number of halogens is 1. The number of hydrogen-bond acceptors (Lipinski definition) is 4. The average molecular weight is 283 g/mol. The van der Waals surface area contributed by atoms with Crippen LogP contribution in [0.4, 0.5) is 4.39 Å². The Balaban J connectivity index is 2.14. The molecule has 0 aliphatic carbocycles. The molecule has 1 amide bonds. The molecule has 2 N–H and O–H groups in total. The van der Waals surface area contributed by atoms with E-state index in [0.717, 1.165) is 12.3 Å². The third-order valence-corrected chi connectivity index (χ3v) is 2.63. The molecule has 104 valence electrons. The normalized spacial score (nSPS) is 10.3. The molecule has 0 fully saturated rings. The number of amides is 1. The Hall–Kier alpha value is -3.20. The summed E-state index contributed by atoms with van der Waals surface area (Å²) in [4.78, 5) is 11.7. The van der Waals surface area contributed by atoms with Gasteiger partial charge in [0.15, 0.2) is 11.6 Å². The molecule has 6 heteroatoms. The number of nitrogens with one attached hydrogen (secondary N) is 1. The predicted molar refractivity (Wildman–Crippen MR) is 74.3 cm³/mol. The van der Waals surface area contributed by atoms with Gasteiger partial charge in [-0.1, -0.05) is 18.2 Å². The van der Waals surface area contributed by atoms with E-state index in [9.17, 15) is 14.3 Å². The lowest BCUT2D eigenvalue weighted by molar-refractivity contribution is 0.0955. The fourth-order valence-electron chi connectivity index (χ4n) is 1.60. The Morgan fingerprint density at radius 3 is 2.71 bits per heavy atom. The van der Waals surface area contributed by atoms with Crippen molar-refractivity contribution in [1.82, 2.24) is 5.43 Å². The summed E-state index contributed by atoms with van der Waals surface area (Å²) in [5.41, 5.74) is 2.70. The largest absolute Gasteiger partial charge is 0.504 e. The monoisotopic (exact) mass is 283 g/mol. The first-order valence-electron chi connectivity index (χ1n) is 5.93. The van der Waals surface area contributed by atoms with Crippen LogP contribution in [-0.4, -0.2) is 17.2 Å². The number of rotatable bonds is 3. The number of nitrogens with zero attached hydrogens (tertiary/aromatic N) is 2. The first-order chi connectivity index (χ1) is 10.1. The molecular formula is C15H10FN3O2. The molecule has 2 aromatic carbocycles. The standard InChI is InChI=1S/C15H10FN3O2/c16-13-7-10(8-17)6-12(14(13)20)9-18-19-15(21)11-4-2-1-3-5-11/h1-7,9,20H,(H,19,21)/b18-9+. The van der Waals surface area contributed by atoms with E-state index in [1.807, 2.05) is 0 Å². The van der Waals surface area contributed by atoms with Crippen molar-refractivity contribution < 1.29 is 14.3 Å². The van der Waals surface area contributed by atoms with Crippen molar-refractivity contribution in [3.05, 3.63) is 65.0 Å². The van der Waals surface area contributed by atoms with E-state index in [0.29, 0.717) is 5.56 Å². The molecule has 5 nitrogen and oxygen atoms in total. The lowest BCUT2D eigenvalue weighted by Gasteiger charge is -2.02. The van der Waals surface area contributed by atoms with E-state index >= 15 is 0 Å².